The molecule has 0 aliphatic heterocycles. The highest BCUT2D eigenvalue weighted by Crippen LogP contribution is 2.19. The van der Waals surface area contributed by atoms with Gasteiger partial charge in [0.25, 0.3) is 11.5 Å². The fourth-order valence-corrected chi connectivity index (χ4v) is 2.97. The van der Waals surface area contributed by atoms with Crippen molar-refractivity contribution < 1.29 is 4.79 Å². The second-order valence-corrected chi connectivity index (χ2v) is 5.94. The Hall–Kier alpha value is -2.67. The number of aromatic nitrogens is 3. The fourth-order valence-electron chi connectivity index (χ4n) is 2.37. The van der Waals surface area contributed by atoms with Crippen molar-refractivity contribution in [3.8, 4) is 0 Å². The Morgan fingerprint density at radius 3 is 2.75 bits per heavy atom. The summed E-state index contributed by atoms with van der Waals surface area (Å²) in [6, 6.07) is 14.5. The Kier molecular flexibility index (Phi) is 4.90. The highest BCUT2D eigenvalue weighted by Gasteiger charge is 2.10. The van der Waals surface area contributed by atoms with E-state index in [0.29, 0.717) is 23.0 Å². The molecule has 0 spiro atoms. The van der Waals surface area contributed by atoms with Crippen LogP contribution in [-0.2, 0) is 6.54 Å². The minimum absolute atomic E-state index is 0.165. The van der Waals surface area contributed by atoms with E-state index in [9.17, 15) is 9.59 Å². The van der Waals surface area contributed by atoms with Gasteiger partial charge in [-0.2, -0.15) is 0 Å². The van der Waals surface area contributed by atoms with Gasteiger partial charge in [-0.15, -0.1) is 16.9 Å². The molecule has 6 nitrogen and oxygen atoms in total. The van der Waals surface area contributed by atoms with Gasteiger partial charge in [0.1, 0.15) is 5.52 Å². The number of amides is 1. The Balaban J connectivity index is 1.69. The molecule has 1 aromatic heterocycles. The van der Waals surface area contributed by atoms with E-state index in [-0.39, 0.29) is 18.0 Å². The molecule has 0 saturated carbocycles. The van der Waals surface area contributed by atoms with Gasteiger partial charge in [0, 0.05) is 11.4 Å². The molecule has 24 heavy (non-hydrogen) atoms. The number of carbonyl (C=O) groups is 1. The van der Waals surface area contributed by atoms with Crippen LogP contribution in [-0.4, -0.2) is 33.7 Å². The molecule has 1 amide bonds. The Labute approximate surface area is 142 Å². The zero-order chi connectivity index (χ0) is 16.9. The molecule has 7 heteroatoms. The average Bonchev–Trinajstić information content (AvgIpc) is 2.63. The first-order valence-electron chi connectivity index (χ1n) is 7.44. The van der Waals surface area contributed by atoms with E-state index in [1.165, 1.54) is 16.4 Å². The summed E-state index contributed by atoms with van der Waals surface area (Å²) < 4.78 is 1.27. The maximum absolute atomic E-state index is 12.3. The van der Waals surface area contributed by atoms with Crippen LogP contribution in [0.1, 0.15) is 10.4 Å². The Bertz CT molecular complexity index is 939. The summed E-state index contributed by atoms with van der Waals surface area (Å²) in [6.45, 7) is 0.568. The molecule has 0 unspecified atom stereocenters. The van der Waals surface area contributed by atoms with E-state index >= 15 is 0 Å². The summed E-state index contributed by atoms with van der Waals surface area (Å²) in [5, 5.41) is 11.3. The lowest BCUT2D eigenvalue weighted by Crippen LogP contribution is -2.32. The highest BCUT2D eigenvalue weighted by molar-refractivity contribution is 7.98. The summed E-state index contributed by atoms with van der Waals surface area (Å²) in [7, 11) is 0. The molecular weight excluding hydrogens is 324 g/mol. The maximum Gasteiger partial charge on any atom is 0.277 e. The van der Waals surface area contributed by atoms with Gasteiger partial charge in [0.2, 0.25) is 0 Å². The molecule has 0 atom stereocenters. The molecule has 0 radical (unpaired) electrons. The first kappa shape index (κ1) is 16.2. The van der Waals surface area contributed by atoms with Crippen LogP contribution >= 0.6 is 11.8 Å². The second-order valence-electron chi connectivity index (χ2n) is 5.09. The van der Waals surface area contributed by atoms with Crippen LogP contribution in [0, 0.1) is 0 Å². The van der Waals surface area contributed by atoms with Crippen molar-refractivity contribution in [2.24, 2.45) is 0 Å². The Morgan fingerprint density at radius 1 is 1.17 bits per heavy atom. The van der Waals surface area contributed by atoms with Crippen molar-refractivity contribution in [3.05, 3.63) is 64.4 Å². The van der Waals surface area contributed by atoms with Gasteiger partial charge in [-0.3, -0.25) is 9.59 Å². The summed E-state index contributed by atoms with van der Waals surface area (Å²) >= 11 is 1.52. The van der Waals surface area contributed by atoms with Crippen LogP contribution in [0.5, 0.6) is 0 Å². The van der Waals surface area contributed by atoms with Gasteiger partial charge >= 0.3 is 0 Å². The normalized spacial score (nSPS) is 10.7. The van der Waals surface area contributed by atoms with E-state index in [1.54, 1.807) is 24.3 Å². The lowest BCUT2D eigenvalue weighted by Gasteiger charge is -2.09. The van der Waals surface area contributed by atoms with Crippen molar-refractivity contribution in [2.75, 3.05) is 12.8 Å². The lowest BCUT2D eigenvalue weighted by atomic mass is 10.2. The predicted octanol–water partition coefficient (Wildman–Crippen LogP) is 1.94. The number of carbonyl (C=O) groups excluding carboxylic acids is 1. The van der Waals surface area contributed by atoms with Gasteiger partial charge in [-0.25, -0.2) is 4.68 Å². The summed E-state index contributed by atoms with van der Waals surface area (Å²) in [5.41, 5.74) is 0.984. The monoisotopic (exact) mass is 340 g/mol. The number of hydrogen-bond acceptors (Lipinski definition) is 5. The molecule has 0 bridgehead atoms. The number of thioether (sulfide) groups is 1. The molecule has 1 heterocycles. The SMILES string of the molecule is CSc1ccccc1C(=O)NCCn1nnc2ccccc2c1=O. The van der Waals surface area contributed by atoms with Gasteiger partial charge < -0.3 is 5.32 Å². The number of hydrogen-bond donors (Lipinski definition) is 1. The van der Waals surface area contributed by atoms with E-state index in [0.717, 1.165) is 4.90 Å². The zero-order valence-electron chi connectivity index (χ0n) is 13.1. The molecule has 122 valence electrons. The number of rotatable bonds is 5. The smallest absolute Gasteiger partial charge is 0.277 e. The van der Waals surface area contributed by atoms with Crippen molar-refractivity contribution >= 4 is 28.6 Å². The molecular formula is C17H16N4O2S. The number of fused-ring (bicyclic) bond motifs is 1. The largest absolute Gasteiger partial charge is 0.350 e. The molecule has 1 N–H and O–H groups in total. The van der Waals surface area contributed by atoms with E-state index in [2.05, 4.69) is 15.6 Å². The average molecular weight is 340 g/mol. The van der Waals surface area contributed by atoms with Crippen molar-refractivity contribution in [3.63, 3.8) is 0 Å². The van der Waals surface area contributed by atoms with Crippen LogP contribution in [0.3, 0.4) is 0 Å². The van der Waals surface area contributed by atoms with Crippen LogP contribution in [0.25, 0.3) is 10.9 Å². The first-order chi connectivity index (χ1) is 11.7. The highest BCUT2D eigenvalue weighted by atomic mass is 32.2. The molecule has 3 aromatic rings. The van der Waals surface area contributed by atoms with E-state index < -0.39 is 0 Å². The van der Waals surface area contributed by atoms with Gasteiger partial charge in [-0.1, -0.05) is 29.5 Å². The minimum atomic E-state index is -0.209. The molecule has 2 aromatic carbocycles. The third kappa shape index (κ3) is 3.30. The molecule has 0 fully saturated rings. The van der Waals surface area contributed by atoms with Gasteiger partial charge in [-0.05, 0) is 30.5 Å². The third-order valence-electron chi connectivity index (χ3n) is 3.59. The summed E-state index contributed by atoms with van der Waals surface area (Å²) in [6.07, 6.45) is 1.93. The number of benzene rings is 2. The van der Waals surface area contributed by atoms with Gasteiger partial charge in [0.15, 0.2) is 0 Å². The Morgan fingerprint density at radius 2 is 1.92 bits per heavy atom. The minimum Gasteiger partial charge on any atom is -0.350 e. The van der Waals surface area contributed by atoms with Crippen LogP contribution in [0.15, 0.2) is 58.2 Å². The molecule has 0 aliphatic carbocycles. The van der Waals surface area contributed by atoms with Crippen molar-refractivity contribution in [1.29, 1.82) is 0 Å². The van der Waals surface area contributed by atoms with Crippen LogP contribution < -0.4 is 10.9 Å². The van der Waals surface area contributed by atoms with Crippen molar-refractivity contribution in [1.82, 2.24) is 20.3 Å². The van der Waals surface area contributed by atoms with E-state index in [4.69, 9.17) is 0 Å². The van der Waals surface area contributed by atoms with Gasteiger partial charge in [0.05, 0.1) is 17.5 Å². The fraction of sp³-hybridized carbons (Fsp3) is 0.176. The van der Waals surface area contributed by atoms with Crippen LogP contribution in [0.4, 0.5) is 0 Å². The second kappa shape index (κ2) is 7.27. The predicted molar refractivity (Wildman–Crippen MR) is 94.4 cm³/mol. The summed E-state index contributed by atoms with van der Waals surface area (Å²) in [4.78, 5) is 25.5. The zero-order valence-corrected chi connectivity index (χ0v) is 13.9. The van der Waals surface area contributed by atoms with E-state index in [1.807, 2.05) is 30.5 Å². The molecule has 0 aliphatic rings. The standard InChI is InChI=1S/C17H16N4O2S/c1-24-15-9-5-3-7-13(15)16(22)18-10-11-21-17(23)12-6-2-4-8-14(12)19-20-21/h2-9H,10-11H2,1H3,(H,18,22). The van der Waals surface area contributed by atoms with Crippen molar-refractivity contribution in [2.45, 2.75) is 11.4 Å². The number of nitrogens with zero attached hydrogens (tertiary/aromatic N) is 3. The lowest BCUT2D eigenvalue weighted by molar-refractivity contribution is 0.0948. The molecule has 0 saturated heterocycles. The van der Waals surface area contributed by atoms with Crippen LogP contribution in [0.2, 0.25) is 0 Å². The maximum atomic E-state index is 12.3. The first-order valence-corrected chi connectivity index (χ1v) is 8.67. The number of nitrogens with one attached hydrogen (secondary N) is 1. The third-order valence-corrected chi connectivity index (χ3v) is 4.39. The molecule has 3 rings (SSSR count). The topological polar surface area (TPSA) is 76.9 Å². The quantitative estimate of drug-likeness (QED) is 0.718. The summed E-state index contributed by atoms with van der Waals surface area (Å²) in [5.74, 6) is -0.165.